The van der Waals surface area contributed by atoms with Crippen molar-refractivity contribution >= 4 is 5.57 Å². The lowest BCUT2D eigenvalue weighted by Gasteiger charge is -2.13. The standard InChI is InChI=1S/C10H12N2/c1-5-11-6-2-9(1)10-3-7-12-8-4-10/h1-3,5-6,12H,4,7-8H2. The largest absolute Gasteiger partial charge is 0.313 e. The number of pyridine rings is 1. The summed E-state index contributed by atoms with van der Waals surface area (Å²) in [5, 5.41) is 3.29. The van der Waals surface area contributed by atoms with Gasteiger partial charge in [0.15, 0.2) is 0 Å². The van der Waals surface area contributed by atoms with E-state index < -0.39 is 0 Å². The van der Waals surface area contributed by atoms with Crippen molar-refractivity contribution in [2.45, 2.75) is 6.42 Å². The Morgan fingerprint density at radius 1 is 1.25 bits per heavy atom. The summed E-state index contributed by atoms with van der Waals surface area (Å²) in [7, 11) is 0. The molecular formula is C10H12N2. The third-order valence-electron chi connectivity index (χ3n) is 2.12. The molecule has 62 valence electrons. The molecule has 2 heterocycles. The van der Waals surface area contributed by atoms with Gasteiger partial charge in [-0.2, -0.15) is 0 Å². The summed E-state index contributed by atoms with van der Waals surface area (Å²) in [6.07, 6.45) is 7.07. The van der Waals surface area contributed by atoms with E-state index in [9.17, 15) is 0 Å². The molecule has 0 saturated heterocycles. The van der Waals surface area contributed by atoms with Gasteiger partial charge in [-0.1, -0.05) is 6.08 Å². The zero-order valence-corrected chi connectivity index (χ0v) is 6.96. The molecule has 0 amide bonds. The van der Waals surface area contributed by atoms with Crippen LogP contribution in [0.2, 0.25) is 0 Å². The summed E-state index contributed by atoms with van der Waals surface area (Å²) in [6.45, 7) is 2.09. The Hall–Kier alpha value is -1.15. The van der Waals surface area contributed by atoms with E-state index in [-0.39, 0.29) is 0 Å². The highest BCUT2D eigenvalue weighted by molar-refractivity contribution is 5.65. The Morgan fingerprint density at radius 2 is 2.08 bits per heavy atom. The predicted octanol–water partition coefficient (Wildman–Crippen LogP) is 1.46. The molecule has 0 aliphatic carbocycles. The molecule has 0 atom stereocenters. The van der Waals surface area contributed by atoms with Crippen molar-refractivity contribution in [1.82, 2.24) is 10.3 Å². The van der Waals surface area contributed by atoms with Crippen molar-refractivity contribution in [3.8, 4) is 0 Å². The Labute approximate surface area is 72.3 Å². The first-order valence-corrected chi connectivity index (χ1v) is 4.27. The highest BCUT2D eigenvalue weighted by Gasteiger charge is 2.03. The first kappa shape index (κ1) is 7.50. The fraction of sp³-hybridized carbons (Fsp3) is 0.300. The molecule has 1 N–H and O–H groups in total. The number of hydrogen-bond acceptors (Lipinski definition) is 2. The number of nitrogens with one attached hydrogen (secondary N) is 1. The van der Waals surface area contributed by atoms with Crippen LogP contribution in [0.3, 0.4) is 0 Å². The van der Waals surface area contributed by atoms with Gasteiger partial charge >= 0.3 is 0 Å². The monoisotopic (exact) mass is 160 g/mol. The lowest BCUT2D eigenvalue weighted by atomic mass is 10.0. The maximum Gasteiger partial charge on any atom is 0.0273 e. The average molecular weight is 160 g/mol. The van der Waals surface area contributed by atoms with E-state index in [0.717, 1.165) is 19.5 Å². The second-order valence-corrected chi connectivity index (χ2v) is 2.92. The first-order valence-electron chi connectivity index (χ1n) is 4.27. The predicted molar refractivity (Wildman–Crippen MR) is 49.7 cm³/mol. The molecule has 0 aromatic carbocycles. The van der Waals surface area contributed by atoms with Crippen LogP contribution in [-0.4, -0.2) is 18.1 Å². The van der Waals surface area contributed by atoms with E-state index >= 15 is 0 Å². The SMILES string of the molecule is C1=C(c2ccncc2)CCNC1. The molecule has 0 fully saturated rings. The van der Waals surface area contributed by atoms with E-state index in [1.54, 1.807) is 0 Å². The van der Waals surface area contributed by atoms with Crippen LogP contribution in [0.15, 0.2) is 30.6 Å². The van der Waals surface area contributed by atoms with Gasteiger partial charge in [0.05, 0.1) is 0 Å². The minimum absolute atomic E-state index is 0.998. The highest BCUT2D eigenvalue weighted by Crippen LogP contribution is 2.17. The van der Waals surface area contributed by atoms with E-state index in [4.69, 9.17) is 0 Å². The van der Waals surface area contributed by atoms with Crippen LogP contribution in [0.25, 0.3) is 5.57 Å². The zero-order valence-electron chi connectivity index (χ0n) is 6.96. The molecule has 0 saturated carbocycles. The van der Waals surface area contributed by atoms with Gasteiger partial charge in [0, 0.05) is 18.9 Å². The number of nitrogens with zero attached hydrogens (tertiary/aromatic N) is 1. The molecule has 0 bridgehead atoms. The molecule has 1 aromatic heterocycles. The van der Waals surface area contributed by atoms with Crippen molar-refractivity contribution in [2.24, 2.45) is 0 Å². The van der Waals surface area contributed by atoms with Crippen LogP contribution in [0.4, 0.5) is 0 Å². The molecule has 2 nitrogen and oxygen atoms in total. The Kier molecular flexibility index (Phi) is 2.19. The molecule has 2 heteroatoms. The van der Waals surface area contributed by atoms with E-state index in [0.29, 0.717) is 0 Å². The van der Waals surface area contributed by atoms with Crippen LogP contribution in [-0.2, 0) is 0 Å². The number of rotatable bonds is 1. The van der Waals surface area contributed by atoms with Crippen molar-refractivity contribution in [3.05, 3.63) is 36.2 Å². The molecular weight excluding hydrogens is 148 g/mol. The summed E-state index contributed by atoms with van der Waals surface area (Å²) in [6, 6.07) is 4.13. The van der Waals surface area contributed by atoms with E-state index in [1.807, 2.05) is 12.4 Å². The van der Waals surface area contributed by atoms with E-state index in [1.165, 1.54) is 11.1 Å². The maximum atomic E-state index is 4.00. The Morgan fingerprint density at radius 3 is 2.75 bits per heavy atom. The molecule has 1 aliphatic heterocycles. The summed E-state index contributed by atoms with van der Waals surface area (Å²) < 4.78 is 0. The molecule has 0 spiro atoms. The molecule has 0 radical (unpaired) electrons. The van der Waals surface area contributed by atoms with Crippen molar-refractivity contribution in [1.29, 1.82) is 0 Å². The third kappa shape index (κ3) is 1.53. The van der Waals surface area contributed by atoms with Gasteiger partial charge in [-0.3, -0.25) is 4.98 Å². The van der Waals surface area contributed by atoms with Crippen LogP contribution < -0.4 is 5.32 Å². The van der Waals surface area contributed by atoms with Gasteiger partial charge in [-0.05, 0) is 36.2 Å². The first-order chi connectivity index (χ1) is 5.97. The third-order valence-corrected chi connectivity index (χ3v) is 2.12. The zero-order chi connectivity index (χ0) is 8.23. The van der Waals surface area contributed by atoms with Crippen LogP contribution in [0, 0.1) is 0 Å². The second-order valence-electron chi connectivity index (χ2n) is 2.92. The fourth-order valence-electron chi connectivity index (χ4n) is 1.45. The fourth-order valence-corrected chi connectivity index (χ4v) is 1.45. The Bertz CT molecular complexity index is 277. The quantitative estimate of drug-likeness (QED) is 0.672. The minimum atomic E-state index is 0.998. The summed E-state index contributed by atoms with van der Waals surface area (Å²) in [4.78, 5) is 4.00. The van der Waals surface area contributed by atoms with Crippen LogP contribution >= 0.6 is 0 Å². The number of hydrogen-bond donors (Lipinski definition) is 1. The molecule has 1 aliphatic rings. The minimum Gasteiger partial charge on any atom is -0.313 e. The smallest absolute Gasteiger partial charge is 0.0273 e. The average Bonchev–Trinajstić information content (AvgIpc) is 2.21. The molecule has 1 aromatic rings. The summed E-state index contributed by atoms with van der Waals surface area (Å²) in [5.74, 6) is 0. The van der Waals surface area contributed by atoms with Gasteiger partial charge < -0.3 is 5.32 Å². The second kappa shape index (κ2) is 3.50. The van der Waals surface area contributed by atoms with Gasteiger partial charge in [-0.25, -0.2) is 0 Å². The van der Waals surface area contributed by atoms with Gasteiger partial charge in [0.25, 0.3) is 0 Å². The number of aromatic nitrogens is 1. The van der Waals surface area contributed by atoms with Gasteiger partial charge in [0.1, 0.15) is 0 Å². The lowest BCUT2D eigenvalue weighted by Crippen LogP contribution is -2.19. The van der Waals surface area contributed by atoms with Crippen molar-refractivity contribution in [2.75, 3.05) is 13.1 Å². The lowest BCUT2D eigenvalue weighted by molar-refractivity contribution is 0.738. The van der Waals surface area contributed by atoms with E-state index in [2.05, 4.69) is 28.5 Å². The topological polar surface area (TPSA) is 24.9 Å². The summed E-state index contributed by atoms with van der Waals surface area (Å²) in [5.41, 5.74) is 2.75. The highest BCUT2D eigenvalue weighted by atomic mass is 14.8. The van der Waals surface area contributed by atoms with Crippen molar-refractivity contribution < 1.29 is 0 Å². The molecule has 12 heavy (non-hydrogen) atoms. The molecule has 2 rings (SSSR count). The normalized spacial score (nSPS) is 17.2. The van der Waals surface area contributed by atoms with Crippen LogP contribution in [0.5, 0.6) is 0 Å². The Balaban J connectivity index is 2.24. The molecule has 0 unspecified atom stereocenters. The maximum absolute atomic E-state index is 4.00. The van der Waals surface area contributed by atoms with Crippen LogP contribution in [0.1, 0.15) is 12.0 Å². The summed E-state index contributed by atoms with van der Waals surface area (Å²) >= 11 is 0. The van der Waals surface area contributed by atoms with Gasteiger partial charge in [0.2, 0.25) is 0 Å². The van der Waals surface area contributed by atoms with Gasteiger partial charge in [-0.15, -0.1) is 0 Å². The van der Waals surface area contributed by atoms with Crippen molar-refractivity contribution in [3.63, 3.8) is 0 Å².